The Labute approximate surface area is 238 Å². The first-order valence-electron chi connectivity index (χ1n) is 12.2. The van der Waals surface area contributed by atoms with Crippen molar-refractivity contribution in [1.82, 2.24) is 10.7 Å². The van der Waals surface area contributed by atoms with Gasteiger partial charge in [0.25, 0.3) is 11.8 Å². The van der Waals surface area contributed by atoms with Crippen LogP contribution in [0.1, 0.15) is 31.2 Å². The number of carbonyl (C=O) groups is 3. The highest BCUT2D eigenvalue weighted by Crippen LogP contribution is 2.33. The summed E-state index contributed by atoms with van der Waals surface area (Å²) >= 11 is 1.27. The molecule has 10 nitrogen and oxygen atoms in total. The summed E-state index contributed by atoms with van der Waals surface area (Å²) in [6.07, 6.45) is 2.90. The van der Waals surface area contributed by atoms with Crippen molar-refractivity contribution in [2.75, 3.05) is 13.9 Å². The van der Waals surface area contributed by atoms with E-state index in [1.807, 2.05) is 0 Å². The first-order valence-corrected chi connectivity index (χ1v) is 13.1. The van der Waals surface area contributed by atoms with Crippen molar-refractivity contribution in [2.45, 2.75) is 0 Å². The maximum atomic E-state index is 13.1. The first kappa shape index (κ1) is 27.2. The molecule has 0 radical (unpaired) electrons. The van der Waals surface area contributed by atoms with Gasteiger partial charge in [0.2, 0.25) is 6.79 Å². The summed E-state index contributed by atoms with van der Waals surface area (Å²) in [5.74, 6) is 0.0589. The third kappa shape index (κ3) is 6.78. The van der Waals surface area contributed by atoms with Crippen LogP contribution in [0.5, 0.6) is 23.0 Å². The zero-order chi connectivity index (χ0) is 28.6. The lowest BCUT2D eigenvalue weighted by atomic mass is 10.1. The van der Waals surface area contributed by atoms with Crippen molar-refractivity contribution < 1.29 is 33.3 Å². The molecule has 11 heteroatoms. The molecule has 2 heterocycles. The van der Waals surface area contributed by atoms with Crippen molar-refractivity contribution in [1.29, 1.82) is 0 Å². The van der Waals surface area contributed by atoms with Gasteiger partial charge in [-0.1, -0.05) is 30.3 Å². The van der Waals surface area contributed by atoms with Crippen LogP contribution in [0.3, 0.4) is 0 Å². The Morgan fingerprint density at radius 2 is 1.71 bits per heavy atom. The Kier molecular flexibility index (Phi) is 8.36. The van der Waals surface area contributed by atoms with Gasteiger partial charge in [0, 0.05) is 5.56 Å². The molecule has 0 bridgehead atoms. The van der Waals surface area contributed by atoms with E-state index in [-0.39, 0.29) is 18.2 Å². The number of esters is 1. The number of carbonyl (C=O) groups excluding carboxylic acids is 3. The molecule has 0 fully saturated rings. The summed E-state index contributed by atoms with van der Waals surface area (Å²) in [5.41, 5.74) is 3.94. The summed E-state index contributed by atoms with van der Waals surface area (Å²) < 4.78 is 21.5. The topological polar surface area (TPSA) is 125 Å². The standard InChI is InChI=1S/C30H23N3O7S/c1-37-25-16-20(10-12-24(25)40-30(36)27-8-5-13-41-27)17-31-33-29(35)22(32-28(34)21-6-3-2-4-7-21)14-19-9-11-23-26(15-19)39-18-38-23/h2-17H,18H2,1H3,(H,32,34)(H,33,35). The third-order valence-electron chi connectivity index (χ3n) is 5.73. The van der Waals surface area contributed by atoms with Gasteiger partial charge in [-0.3, -0.25) is 9.59 Å². The number of ether oxygens (including phenoxy) is 4. The molecule has 4 aromatic rings. The van der Waals surface area contributed by atoms with Crippen LogP contribution in [0.2, 0.25) is 0 Å². The number of hydrazone groups is 1. The highest BCUT2D eigenvalue weighted by molar-refractivity contribution is 7.12. The number of nitrogens with one attached hydrogen (secondary N) is 2. The minimum absolute atomic E-state index is 0.0386. The summed E-state index contributed by atoms with van der Waals surface area (Å²) in [5, 5.41) is 8.46. The van der Waals surface area contributed by atoms with Gasteiger partial charge in [0.05, 0.1) is 13.3 Å². The smallest absolute Gasteiger partial charge is 0.353 e. The highest BCUT2D eigenvalue weighted by atomic mass is 32.1. The van der Waals surface area contributed by atoms with Crippen LogP contribution in [-0.4, -0.2) is 37.9 Å². The zero-order valence-electron chi connectivity index (χ0n) is 21.7. The molecule has 0 aliphatic carbocycles. The number of fused-ring (bicyclic) bond motifs is 1. The van der Waals surface area contributed by atoms with E-state index in [4.69, 9.17) is 18.9 Å². The van der Waals surface area contributed by atoms with Gasteiger partial charge < -0.3 is 24.3 Å². The van der Waals surface area contributed by atoms with E-state index in [2.05, 4.69) is 15.8 Å². The number of nitrogens with zero attached hydrogens (tertiary/aromatic N) is 1. The van der Waals surface area contributed by atoms with Gasteiger partial charge in [0.1, 0.15) is 10.6 Å². The minimum atomic E-state index is -0.656. The molecule has 1 aromatic heterocycles. The van der Waals surface area contributed by atoms with Crippen molar-refractivity contribution in [3.8, 4) is 23.0 Å². The predicted molar refractivity (Wildman–Crippen MR) is 152 cm³/mol. The van der Waals surface area contributed by atoms with Gasteiger partial charge >= 0.3 is 5.97 Å². The fraction of sp³-hybridized carbons (Fsp3) is 0.0667. The molecular formula is C30H23N3O7S. The second-order valence-corrected chi connectivity index (χ2v) is 9.41. The number of benzene rings is 3. The fourth-order valence-corrected chi connectivity index (χ4v) is 4.33. The molecule has 0 saturated heterocycles. The van der Waals surface area contributed by atoms with Crippen molar-refractivity contribution in [2.24, 2.45) is 5.10 Å². The number of hydrogen-bond donors (Lipinski definition) is 2. The lowest BCUT2D eigenvalue weighted by Crippen LogP contribution is -2.32. The van der Waals surface area contributed by atoms with E-state index < -0.39 is 17.8 Å². The molecule has 0 atom stereocenters. The van der Waals surface area contributed by atoms with E-state index in [1.54, 1.807) is 84.2 Å². The van der Waals surface area contributed by atoms with Gasteiger partial charge in [-0.2, -0.15) is 5.10 Å². The molecule has 1 aliphatic rings. The quantitative estimate of drug-likeness (QED) is 0.0991. The Bertz CT molecular complexity index is 1630. The monoisotopic (exact) mass is 569 g/mol. The molecule has 206 valence electrons. The molecule has 41 heavy (non-hydrogen) atoms. The average molecular weight is 570 g/mol. The second kappa shape index (κ2) is 12.6. The number of thiophene rings is 1. The largest absolute Gasteiger partial charge is 0.493 e. The molecule has 1 aliphatic heterocycles. The number of hydrogen-bond acceptors (Lipinski definition) is 9. The van der Waals surface area contributed by atoms with Crippen LogP contribution < -0.4 is 29.7 Å². The molecule has 5 rings (SSSR count). The third-order valence-corrected chi connectivity index (χ3v) is 6.58. The van der Waals surface area contributed by atoms with Gasteiger partial charge in [-0.05, 0) is 71.1 Å². The van der Waals surface area contributed by atoms with Crippen LogP contribution in [0.4, 0.5) is 0 Å². The van der Waals surface area contributed by atoms with Crippen molar-refractivity contribution in [3.63, 3.8) is 0 Å². The summed E-state index contributed by atoms with van der Waals surface area (Å²) in [7, 11) is 1.45. The Hall–Kier alpha value is -5.42. The summed E-state index contributed by atoms with van der Waals surface area (Å²) in [6.45, 7) is 0.109. The van der Waals surface area contributed by atoms with Crippen LogP contribution in [0.15, 0.2) is 95.0 Å². The minimum Gasteiger partial charge on any atom is -0.493 e. The van der Waals surface area contributed by atoms with Crippen LogP contribution in [0.25, 0.3) is 6.08 Å². The van der Waals surface area contributed by atoms with E-state index in [9.17, 15) is 14.4 Å². The molecule has 2 amide bonds. The summed E-state index contributed by atoms with van der Waals surface area (Å²) in [4.78, 5) is 38.7. The Balaban J connectivity index is 1.31. The highest BCUT2D eigenvalue weighted by Gasteiger charge is 2.17. The number of methoxy groups -OCH3 is 1. The van der Waals surface area contributed by atoms with E-state index in [0.717, 1.165) is 0 Å². The molecular weight excluding hydrogens is 546 g/mol. The lowest BCUT2D eigenvalue weighted by molar-refractivity contribution is -0.117. The lowest BCUT2D eigenvalue weighted by Gasteiger charge is -2.10. The van der Waals surface area contributed by atoms with Gasteiger partial charge in [-0.25, -0.2) is 10.2 Å². The summed E-state index contributed by atoms with van der Waals surface area (Å²) in [6, 6.07) is 21.9. The van der Waals surface area contributed by atoms with Crippen molar-refractivity contribution >= 4 is 41.4 Å². The fourth-order valence-electron chi connectivity index (χ4n) is 3.73. The van der Waals surface area contributed by atoms with Crippen molar-refractivity contribution in [3.05, 3.63) is 112 Å². The van der Waals surface area contributed by atoms with E-state index in [0.29, 0.717) is 38.8 Å². The predicted octanol–water partition coefficient (Wildman–Crippen LogP) is 4.63. The maximum Gasteiger partial charge on any atom is 0.353 e. The maximum absolute atomic E-state index is 13.1. The molecule has 0 saturated carbocycles. The van der Waals surface area contributed by atoms with Gasteiger partial charge in [-0.15, -0.1) is 11.3 Å². The van der Waals surface area contributed by atoms with Crippen LogP contribution >= 0.6 is 11.3 Å². The van der Waals surface area contributed by atoms with Crippen LogP contribution in [0, 0.1) is 0 Å². The normalized spacial score (nSPS) is 12.2. The molecule has 3 aromatic carbocycles. The zero-order valence-corrected chi connectivity index (χ0v) is 22.5. The average Bonchev–Trinajstić information content (AvgIpc) is 3.70. The molecule has 2 N–H and O–H groups in total. The SMILES string of the molecule is COc1cc(C=NNC(=O)C(=Cc2ccc3c(c2)OCO3)NC(=O)c2ccccc2)ccc1OC(=O)c1cccs1. The van der Waals surface area contributed by atoms with Crippen LogP contribution in [-0.2, 0) is 4.79 Å². The molecule has 0 spiro atoms. The van der Waals surface area contributed by atoms with Gasteiger partial charge in [0.15, 0.2) is 23.0 Å². The first-order chi connectivity index (χ1) is 20.0. The number of amides is 2. The Morgan fingerprint density at radius 1 is 0.902 bits per heavy atom. The number of rotatable bonds is 9. The second-order valence-electron chi connectivity index (χ2n) is 8.47. The Morgan fingerprint density at radius 3 is 2.49 bits per heavy atom. The molecule has 0 unspecified atom stereocenters. The van der Waals surface area contributed by atoms with E-state index in [1.165, 1.54) is 30.7 Å². The van der Waals surface area contributed by atoms with E-state index >= 15 is 0 Å².